The van der Waals surface area contributed by atoms with Gasteiger partial charge in [0.15, 0.2) is 5.78 Å². The first kappa shape index (κ1) is 38.2. The molecule has 2 aromatic heterocycles. The molecule has 0 N–H and O–H groups in total. The van der Waals surface area contributed by atoms with Gasteiger partial charge in [0.25, 0.3) is 0 Å². The van der Waals surface area contributed by atoms with Crippen LogP contribution in [0.4, 0.5) is 0 Å². The Morgan fingerprint density at radius 3 is 1.74 bits per heavy atom. The second kappa shape index (κ2) is 18.6. The number of nitrogens with zero attached hydrogens (tertiary/aromatic N) is 3. The number of alkyl halides is 2. The minimum absolute atomic E-state index is 0. The molecule has 2 aliphatic rings. The minimum atomic E-state index is -0.629. The Bertz CT molecular complexity index is 1010. The Morgan fingerprint density at radius 2 is 1.41 bits per heavy atom. The number of hydrogen-bond donors (Lipinski definition) is 0. The van der Waals surface area contributed by atoms with Crippen molar-refractivity contribution in [2.75, 3.05) is 6.61 Å². The van der Waals surface area contributed by atoms with Crippen molar-refractivity contribution in [3.05, 3.63) is 63.4 Å². The van der Waals surface area contributed by atoms with Gasteiger partial charge < -0.3 is 10.1 Å². The van der Waals surface area contributed by atoms with Gasteiger partial charge in [-0.3, -0.25) is 9.59 Å². The Kier molecular flexibility index (Phi) is 18.2. The van der Waals surface area contributed by atoms with E-state index < -0.39 is 9.75 Å². The van der Waals surface area contributed by atoms with E-state index in [0.717, 1.165) is 36.8 Å². The summed E-state index contributed by atoms with van der Waals surface area (Å²) in [5, 5.41) is 5.26. The second-order valence-corrected chi connectivity index (χ2v) is 11.8. The van der Waals surface area contributed by atoms with Crippen LogP contribution < -0.4 is 18.9 Å². The average Bonchev–Trinajstić information content (AvgIpc) is 3.77. The topological polar surface area (TPSA) is 83.3 Å². The molecule has 0 radical (unpaired) electrons. The van der Waals surface area contributed by atoms with Gasteiger partial charge in [0.1, 0.15) is 20.1 Å². The maximum Gasteiger partial charge on any atom is 1.00 e. The van der Waals surface area contributed by atoms with E-state index in [1.807, 2.05) is 19.1 Å². The van der Waals surface area contributed by atoms with Crippen LogP contribution in [-0.4, -0.2) is 50.2 Å². The van der Waals surface area contributed by atoms with Crippen molar-refractivity contribution in [3.8, 4) is 0 Å². The summed E-state index contributed by atoms with van der Waals surface area (Å²) < 4.78 is 4.70. The molecule has 0 saturated heterocycles. The number of halogens is 4. The van der Waals surface area contributed by atoms with Crippen LogP contribution in [-0.2, 0) is 20.7 Å². The number of hydrogen-bond acceptors (Lipinski definition) is 5. The molecular formula is C28H38Cl4LiN3O3. The van der Waals surface area contributed by atoms with Crippen LogP contribution >= 0.6 is 46.4 Å². The van der Waals surface area contributed by atoms with Crippen molar-refractivity contribution in [2.24, 2.45) is 0 Å². The molecule has 11 heteroatoms. The third-order valence-electron chi connectivity index (χ3n) is 5.25. The molecule has 0 aliphatic heterocycles. The van der Waals surface area contributed by atoms with Crippen molar-refractivity contribution in [2.45, 2.75) is 95.5 Å². The van der Waals surface area contributed by atoms with E-state index in [4.69, 9.17) is 51.1 Å². The Hall–Kier alpha value is -0.843. The molecule has 0 unspecified atom stereocenters. The maximum absolute atomic E-state index is 11.6. The molecule has 2 fully saturated rings. The van der Waals surface area contributed by atoms with Crippen LogP contribution in [0.25, 0.3) is 5.32 Å². The van der Waals surface area contributed by atoms with Gasteiger partial charge in [-0.2, -0.15) is 0 Å². The van der Waals surface area contributed by atoms with E-state index in [2.05, 4.69) is 43.0 Å². The van der Waals surface area contributed by atoms with E-state index >= 15 is 0 Å². The van der Waals surface area contributed by atoms with Crippen LogP contribution in [0, 0.1) is 6.92 Å². The summed E-state index contributed by atoms with van der Waals surface area (Å²) in [6.45, 7) is 12.5. The zero-order valence-electron chi connectivity index (χ0n) is 23.9. The van der Waals surface area contributed by atoms with Crippen molar-refractivity contribution in [1.29, 1.82) is 0 Å². The number of aromatic nitrogens is 2. The third kappa shape index (κ3) is 15.7. The fourth-order valence-electron chi connectivity index (χ4n) is 2.91. The molecule has 2 aliphatic carbocycles. The molecule has 2 aromatic rings. The van der Waals surface area contributed by atoms with Crippen molar-refractivity contribution >= 4 is 58.2 Å². The van der Waals surface area contributed by atoms with E-state index in [0.29, 0.717) is 29.0 Å². The van der Waals surface area contributed by atoms with E-state index in [1.54, 1.807) is 31.5 Å². The summed E-state index contributed by atoms with van der Waals surface area (Å²) >= 11 is 23.1. The SMILES string of the molecule is CC(C)[N-]C(C)C.CCOC(=O)C1(Cl)CC1.Cc1cccnc1Cl.O=C(Cc1cccnc1Cl)C1(Cl)CC1.[Li+]. The third-order valence-corrected chi connectivity index (χ3v) is 7.11. The minimum Gasteiger partial charge on any atom is -0.658 e. The predicted octanol–water partition coefficient (Wildman–Crippen LogP) is 5.16. The number of rotatable bonds is 7. The van der Waals surface area contributed by atoms with E-state index in [1.165, 1.54) is 0 Å². The van der Waals surface area contributed by atoms with E-state index in [9.17, 15) is 9.59 Å². The van der Waals surface area contributed by atoms with Crippen molar-refractivity contribution in [1.82, 2.24) is 9.97 Å². The first-order valence-electron chi connectivity index (χ1n) is 12.7. The molecule has 6 nitrogen and oxygen atoms in total. The largest absolute Gasteiger partial charge is 1.00 e. The molecule has 2 heterocycles. The number of ketones is 1. The summed E-state index contributed by atoms with van der Waals surface area (Å²) in [5.74, 6) is -0.208. The molecule has 0 amide bonds. The van der Waals surface area contributed by atoms with Crippen LogP contribution in [0.1, 0.15) is 71.4 Å². The van der Waals surface area contributed by atoms with E-state index in [-0.39, 0.29) is 37.0 Å². The molecule has 2 saturated carbocycles. The van der Waals surface area contributed by atoms with Gasteiger partial charge in [0.2, 0.25) is 0 Å². The monoisotopic (exact) mass is 611 g/mol. The summed E-state index contributed by atoms with van der Waals surface area (Å²) in [6.07, 6.45) is 6.67. The van der Waals surface area contributed by atoms with Crippen molar-refractivity contribution < 1.29 is 33.2 Å². The number of Topliss-reactive ketones (excluding diaryl/α,β-unsaturated/α-hetero) is 1. The Morgan fingerprint density at radius 1 is 0.923 bits per heavy atom. The van der Waals surface area contributed by atoms with Crippen LogP contribution in [0.5, 0.6) is 0 Å². The number of aryl methyl sites for hydroxylation is 1. The van der Waals surface area contributed by atoms with Crippen molar-refractivity contribution in [3.63, 3.8) is 0 Å². The summed E-state index contributed by atoms with van der Waals surface area (Å²) in [4.78, 5) is 28.9. The fraction of sp³-hybridized carbons (Fsp3) is 0.571. The van der Waals surface area contributed by atoms with Gasteiger partial charge in [-0.15, -0.1) is 35.3 Å². The number of esters is 1. The maximum atomic E-state index is 11.6. The fourth-order valence-corrected chi connectivity index (χ4v) is 3.52. The van der Waals surface area contributed by atoms with Crippen LogP contribution in [0.2, 0.25) is 10.3 Å². The average molecular weight is 613 g/mol. The zero-order valence-corrected chi connectivity index (χ0v) is 27.0. The van der Waals surface area contributed by atoms with Gasteiger partial charge in [0, 0.05) is 18.8 Å². The second-order valence-electron chi connectivity index (χ2n) is 9.65. The molecule has 0 spiro atoms. The Balaban J connectivity index is 0.000000511. The molecule has 39 heavy (non-hydrogen) atoms. The molecule has 0 aromatic carbocycles. The summed E-state index contributed by atoms with van der Waals surface area (Å²) in [5.41, 5.74) is 1.78. The van der Waals surface area contributed by atoms with Crippen LogP contribution in [0.3, 0.4) is 0 Å². The standard InChI is InChI=1S/C10H9Cl2NO.C6H6ClN.C6H9ClO2.C6H14N.Li/c11-9-7(2-1-5-13-9)6-8(14)10(12)3-4-10;1-5-3-2-4-8-6(5)7;1-2-9-5(8)6(7)3-4-6;1-5(2)7-6(3)4;/h1-2,5H,3-4,6H2;2-4H,1H3;2-4H2,1H3;5-6H,1-4H3;/q;;;-1;+1. The quantitative estimate of drug-likeness (QED) is 0.187. The van der Waals surface area contributed by atoms with Gasteiger partial charge in [-0.25, -0.2) is 9.97 Å². The predicted molar refractivity (Wildman–Crippen MR) is 158 cm³/mol. The molecule has 0 bridgehead atoms. The van der Waals surface area contributed by atoms with Gasteiger partial charge >= 0.3 is 24.8 Å². The molecule has 0 atom stereocenters. The normalized spacial score (nSPS) is 15.2. The Labute approximate surface area is 265 Å². The smallest absolute Gasteiger partial charge is 0.658 e. The zero-order chi connectivity index (χ0) is 28.9. The van der Waals surface area contributed by atoms with Crippen LogP contribution in [0.15, 0.2) is 36.7 Å². The number of ether oxygens (including phenoxy) is 1. The van der Waals surface area contributed by atoms with Gasteiger partial charge in [0.05, 0.1) is 6.61 Å². The van der Waals surface area contributed by atoms with Gasteiger partial charge in [-0.05, 0) is 62.8 Å². The molecule has 212 valence electrons. The number of carbonyl (C=O) groups is 2. The first-order chi connectivity index (χ1) is 17.7. The summed E-state index contributed by atoms with van der Waals surface area (Å²) in [7, 11) is 0. The molecule has 4 rings (SSSR count). The summed E-state index contributed by atoms with van der Waals surface area (Å²) in [6, 6.07) is 8.36. The number of pyridine rings is 2. The first-order valence-corrected chi connectivity index (χ1v) is 14.2. The number of carbonyl (C=O) groups excluding carboxylic acids is 2. The molecular weight excluding hydrogens is 575 g/mol. The van der Waals surface area contributed by atoms with Gasteiger partial charge in [-0.1, -0.05) is 63.0 Å².